The summed E-state index contributed by atoms with van der Waals surface area (Å²) in [6.45, 7) is 2.49. The van der Waals surface area contributed by atoms with Crippen LogP contribution in [-0.2, 0) is 6.54 Å². The molecule has 1 atom stereocenters. The summed E-state index contributed by atoms with van der Waals surface area (Å²) in [5, 5.41) is 8.29. The Kier molecular flexibility index (Phi) is 3.18. The van der Waals surface area contributed by atoms with E-state index in [0.29, 0.717) is 18.0 Å². The molecule has 1 aliphatic carbocycles. The number of nitrogens with zero attached hydrogens (tertiary/aromatic N) is 5. The Morgan fingerprint density at radius 3 is 3.00 bits per heavy atom. The first-order valence-corrected chi connectivity index (χ1v) is 7.58. The van der Waals surface area contributed by atoms with Crippen molar-refractivity contribution in [1.29, 1.82) is 0 Å². The molecule has 1 aliphatic heterocycles. The second-order valence-electron chi connectivity index (χ2n) is 6.07. The lowest BCUT2D eigenvalue weighted by molar-refractivity contribution is 0.1000. The molecule has 2 aliphatic rings. The largest absolute Gasteiger partial charge is 0.366 e. The van der Waals surface area contributed by atoms with Gasteiger partial charge in [0, 0.05) is 25.2 Å². The molecule has 2 fully saturated rings. The molecule has 2 aromatic rings. The summed E-state index contributed by atoms with van der Waals surface area (Å²) in [5.41, 5.74) is 5.71. The molecule has 1 saturated heterocycles. The molecule has 0 aromatic carbocycles. The van der Waals surface area contributed by atoms with Crippen molar-refractivity contribution in [2.24, 2.45) is 5.73 Å². The third-order valence-corrected chi connectivity index (χ3v) is 4.28. The summed E-state index contributed by atoms with van der Waals surface area (Å²) in [5.74, 6) is 1.58. The first kappa shape index (κ1) is 13.4. The first-order chi connectivity index (χ1) is 10.7. The van der Waals surface area contributed by atoms with E-state index in [2.05, 4.69) is 20.1 Å². The molecular formula is C14H18N6O2. The number of aromatic nitrogens is 4. The second kappa shape index (κ2) is 5.20. The van der Waals surface area contributed by atoms with Crippen LogP contribution in [0.5, 0.6) is 0 Å². The lowest BCUT2D eigenvalue weighted by Crippen LogP contribution is -2.22. The highest BCUT2D eigenvalue weighted by Gasteiger charge is 2.31. The van der Waals surface area contributed by atoms with Crippen LogP contribution in [0.4, 0.5) is 0 Å². The van der Waals surface area contributed by atoms with Gasteiger partial charge in [0.25, 0.3) is 5.91 Å². The summed E-state index contributed by atoms with van der Waals surface area (Å²) < 4.78 is 7.11. The Hall–Kier alpha value is -2.22. The molecule has 1 amide bonds. The second-order valence-corrected chi connectivity index (χ2v) is 6.07. The van der Waals surface area contributed by atoms with Crippen LogP contribution in [0.15, 0.2) is 16.9 Å². The Labute approximate surface area is 127 Å². The lowest BCUT2D eigenvalue weighted by atomic mass is 10.3. The van der Waals surface area contributed by atoms with E-state index >= 15 is 0 Å². The highest BCUT2D eigenvalue weighted by molar-refractivity contribution is 5.92. The molecule has 2 aromatic heterocycles. The van der Waals surface area contributed by atoms with Crippen molar-refractivity contribution in [3.63, 3.8) is 0 Å². The van der Waals surface area contributed by atoms with Crippen molar-refractivity contribution < 1.29 is 9.32 Å². The third kappa shape index (κ3) is 2.61. The van der Waals surface area contributed by atoms with Gasteiger partial charge in [-0.15, -0.1) is 0 Å². The number of hydrogen-bond donors (Lipinski definition) is 1. The molecule has 0 bridgehead atoms. The zero-order valence-electron chi connectivity index (χ0n) is 12.2. The molecule has 8 heteroatoms. The molecule has 3 heterocycles. The Balaban J connectivity index is 1.37. The van der Waals surface area contributed by atoms with Crippen LogP contribution in [0.2, 0.25) is 0 Å². The topological polar surface area (TPSA) is 103 Å². The predicted octanol–water partition coefficient (Wildman–Crippen LogP) is 0.689. The quantitative estimate of drug-likeness (QED) is 0.871. The monoisotopic (exact) mass is 302 g/mol. The highest BCUT2D eigenvalue weighted by atomic mass is 16.5. The Bertz CT molecular complexity index is 689. The number of carbonyl (C=O) groups excluding carboxylic acids is 1. The Morgan fingerprint density at radius 1 is 1.41 bits per heavy atom. The van der Waals surface area contributed by atoms with Crippen molar-refractivity contribution in [2.45, 2.75) is 37.8 Å². The maximum atomic E-state index is 11.1. The van der Waals surface area contributed by atoms with E-state index in [1.54, 1.807) is 6.20 Å². The minimum absolute atomic E-state index is 0.253. The normalized spacial score (nSPS) is 22.3. The minimum atomic E-state index is -0.444. The molecule has 116 valence electrons. The summed E-state index contributed by atoms with van der Waals surface area (Å²) in [4.78, 5) is 17.9. The molecule has 22 heavy (non-hydrogen) atoms. The summed E-state index contributed by atoms with van der Waals surface area (Å²) in [6, 6.07) is 0.253. The van der Waals surface area contributed by atoms with E-state index in [9.17, 15) is 4.79 Å². The van der Waals surface area contributed by atoms with Crippen molar-refractivity contribution >= 4 is 5.91 Å². The van der Waals surface area contributed by atoms with Gasteiger partial charge in [-0.2, -0.15) is 10.1 Å². The van der Waals surface area contributed by atoms with E-state index in [-0.39, 0.29) is 6.04 Å². The summed E-state index contributed by atoms with van der Waals surface area (Å²) >= 11 is 0. The standard InChI is InChI=1S/C14H18N6O2/c15-13(21)10-5-16-20(6-10)11-3-4-19(7-11)8-12-17-14(22-18-12)9-1-2-9/h5-6,9,11H,1-4,7-8H2,(H2,15,21). The van der Waals surface area contributed by atoms with Crippen LogP contribution >= 0.6 is 0 Å². The number of rotatable bonds is 5. The number of hydrogen-bond acceptors (Lipinski definition) is 6. The van der Waals surface area contributed by atoms with Gasteiger partial charge in [0.15, 0.2) is 5.82 Å². The third-order valence-electron chi connectivity index (χ3n) is 4.28. The van der Waals surface area contributed by atoms with E-state index < -0.39 is 5.91 Å². The highest BCUT2D eigenvalue weighted by Crippen LogP contribution is 2.38. The smallest absolute Gasteiger partial charge is 0.251 e. The van der Waals surface area contributed by atoms with Gasteiger partial charge in [-0.3, -0.25) is 14.4 Å². The van der Waals surface area contributed by atoms with Gasteiger partial charge >= 0.3 is 0 Å². The van der Waals surface area contributed by atoms with Crippen molar-refractivity contribution in [3.8, 4) is 0 Å². The van der Waals surface area contributed by atoms with Crippen LogP contribution < -0.4 is 5.73 Å². The molecule has 1 unspecified atom stereocenters. The van der Waals surface area contributed by atoms with Crippen LogP contribution in [0.25, 0.3) is 0 Å². The van der Waals surface area contributed by atoms with Gasteiger partial charge in [0.2, 0.25) is 5.89 Å². The molecule has 0 spiro atoms. The molecule has 1 saturated carbocycles. The van der Waals surface area contributed by atoms with E-state index in [4.69, 9.17) is 10.3 Å². The SMILES string of the molecule is NC(=O)c1cnn(C2CCN(Cc3noc(C4CC4)n3)C2)c1. The lowest BCUT2D eigenvalue weighted by Gasteiger charge is -2.13. The van der Waals surface area contributed by atoms with E-state index in [1.807, 2.05) is 4.68 Å². The van der Waals surface area contributed by atoms with Gasteiger partial charge in [0.05, 0.1) is 24.3 Å². The molecule has 4 rings (SSSR count). The van der Waals surface area contributed by atoms with E-state index in [1.165, 1.54) is 6.20 Å². The number of carbonyl (C=O) groups is 1. The van der Waals surface area contributed by atoms with Gasteiger partial charge in [0.1, 0.15) is 0 Å². The number of nitrogens with two attached hydrogens (primary N) is 1. The van der Waals surface area contributed by atoms with Crippen molar-refractivity contribution in [2.75, 3.05) is 13.1 Å². The fraction of sp³-hybridized carbons (Fsp3) is 0.571. The molecule has 0 radical (unpaired) electrons. The number of primary amides is 1. The van der Waals surface area contributed by atoms with Gasteiger partial charge < -0.3 is 10.3 Å². The fourth-order valence-corrected chi connectivity index (χ4v) is 2.86. The maximum absolute atomic E-state index is 11.1. The Morgan fingerprint density at radius 2 is 2.27 bits per heavy atom. The molecule has 2 N–H and O–H groups in total. The van der Waals surface area contributed by atoms with Crippen LogP contribution in [-0.4, -0.2) is 43.8 Å². The number of likely N-dealkylation sites (tertiary alicyclic amines) is 1. The van der Waals surface area contributed by atoms with Crippen LogP contribution in [0, 0.1) is 0 Å². The molecule has 8 nitrogen and oxygen atoms in total. The average molecular weight is 302 g/mol. The minimum Gasteiger partial charge on any atom is -0.366 e. The van der Waals surface area contributed by atoms with Gasteiger partial charge in [-0.05, 0) is 19.3 Å². The van der Waals surface area contributed by atoms with Crippen LogP contribution in [0.3, 0.4) is 0 Å². The zero-order chi connectivity index (χ0) is 15.1. The van der Waals surface area contributed by atoms with Crippen molar-refractivity contribution in [1.82, 2.24) is 24.8 Å². The van der Waals surface area contributed by atoms with E-state index in [0.717, 1.165) is 44.1 Å². The van der Waals surface area contributed by atoms with Gasteiger partial charge in [-0.1, -0.05) is 5.16 Å². The van der Waals surface area contributed by atoms with Crippen LogP contribution in [0.1, 0.15) is 53.3 Å². The van der Waals surface area contributed by atoms with Gasteiger partial charge in [-0.25, -0.2) is 0 Å². The fourth-order valence-electron chi connectivity index (χ4n) is 2.86. The predicted molar refractivity (Wildman–Crippen MR) is 75.9 cm³/mol. The zero-order valence-corrected chi connectivity index (χ0v) is 12.2. The molecular weight excluding hydrogens is 284 g/mol. The average Bonchev–Trinajstić information content (AvgIpc) is 2.96. The first-order valence-electron chi connectivity index (χ1n) is 7.58. The van der Waals surface area contributed by atoms with Crippen molar-refractivity contribution in [3.05, 3.63) is 29.7 Å². The number of amides is 1. The summed E-state index contributed by atoms with van der Waals surface area (Å²) in [6.07, 6.45) is 6.54. The maximum Gasteiger partial charge on any atom is 0.251 e. The summed E-state index contributed by atoms with van der Waals surface area (Å²) in [7, 11) is 0.